The average molecular weight is 315 g/mol. The number of aromatic nitrogens is 1. The van der Waals surface area contributed by atoms with E-state index in [4.69, 9.17) is 15.2 Å². The molecule has 0 aliphatic carbocycles. The summed E-state index contributed by atoms with van der Waals surface area (Å²) in [6, 6.07) is 10.9. The van der Waals surface area contributed by atoms with E-state index in [1.165, 1.54) is 0 Å². The molecular weight excluding hydrogens is 294 g/mol. The van der Waals surface area contributed by atoms with Crippen LogP contribution in [0.1, 0.15) is 12.5 Å². The minimum atomic E-state index is -0.196. The van der Waals surface area contributed by atoms with Gasteiger partial charge >= 0.3 is 0 Å². The van der Waals surface area contributed by atoms with Crippen LogP contribution in [0.2, 0.25) is 0 Å². The molecule has 0 bridgehead atoms. The highest BCUT2D eigenvalue weighted by Gasteiger charge is 2.10. The van der Waals surface area contributed by atoms with Gasteiger partial charge in [0.15, 0.2) is 0 Å². The first-order valence-electron chi connectivity index (χ1n) is 7.37. The van der Waals surface area contributed by atoms with Crippen LogP contribution in [0.3, 0.4) is 0 Å². The van der Waals surface area contributed by atoms with Gasteiger partial charge in [-0.1, -0.05) is 19.1 Å². The maximum Gasteiger partial charge on any atom is 0.224 e. The Morgan fingerprint density at radius 1 is 1.30 bits per heavy atom. The minimum Gasteiger partial charge on any atom is -0.497 e. The number of carbonyl (C=O) groups is 1. The van der Waals surface area contributed by atoms with E-state index in [2.05, 4.69) is 10.3 Å². The van der Waals surface area contributed by atoms with E-state index in [1.54, 1.807) is 32.4 Å². The first kappa shape index (κ1) is 16.8. The van der Waals surface area contributed by atoms with Gasteiger partial charge in [0, 0.05) is 37.3 Å². The topological polar surface area (TPSA) is 86.5 Å². The van der Waals surface area contributed by atoms with Crippen LogP contribution < -0.4 is 20.5 Å². The van der Waals surface area contributed by atoms with Gasteiger partial charge in [0.1, 0.15) is 11.5 Å². The van der Waals surface area contributed by atoms with Crippen molar-refractivity contribution in [2.45, 2.75) is 13.5 Å². The average Bonchev–Trinajstić information content (AvgIpc) is 2.60. The number of amides is 1. The number of nitrogens with zero attached hydrogens (tertiary/aromatic N) is 1. The van der Waals surface area contributed by atoms with Crippen LogP contribution in [0.4, 0.5) is 0 Å². The van der Waals surface area contributed by atoms with Crippen molar-refractivity contribution in [1.82, 2.24) is 10.3 Å². The summed E-state index contributed by atoms with van der Waals surface area (Å²) in [7, 11) is 1.60. The summed E-state index contributed by atoms with van der Waals surface area (Å²) in [5, 5.41) is 2.82. The van der Waals surface area contributed by atoms with Gasteiger partial charge < -0.3 is 20.5 Å². The van der Waals surface area contributed by atoms with Gasteiger partial charge in [0.05, 0.1) is 7.11 Å². The van der Waals surface area contributed by atoms with Crippen molar-refractivity contribution in [2.75, 3.05) is 13.7 Å². The summed E-state index contributed by atoms with van der Waals surface area (Å²) in [5.74, 6) is 1.58. The number of hydrogen-bond acceptors (Lipinski definition) is 5. The number of rotatable bonds is 7. The van der Waals surface area contributed by atoms with Gasteiger partial charge in [-0.3, -0.25) is 4.79 Å². The van der Waals surface area contributed by atoms with Crippen molar-refractivity contribution in [3.8, 4) is 17.4 Å². The monoisotopic (exact) mass is 315 g/mol. The Morgan fingerprint density at radius 2 is 2.09 bits per heavy atom. The van der Waals surface area contributed by atoms with Crippen LogP contribution in [0.15, 0.2) is 42.6 Å². The lowest BCUT2D eigenvalue weighted by Gasteiger charge is -2.10. The summed E-state index contributed by atoms with van der Waals surface area (Å²) in [5.41, 5.74) is 6.35. The van der Waals surface area contributed by atoms with Crippen molar-refractivity contribution < 1.29 is 14.3 Å². The second-order valence-electron chi connectivity index (χ2n) is 5.14. The zero-order valence-corrected chi connectivity index (χ0v) is 13.3. The Balaban J connectivity index is 1.92. The summed E-state index contributed by atoms with van der Waals surface area (Å²) in [6.45, 7) is 2.53. The van der Waals surface area contributed by atoms with Crippen molar-refractivity contribution in [3.05, 3.63) is 48.2 Å². The predicted octanol–water partition coefficient (Wildman–Crippen LogP) is 2.09. The molecule has 1 atom stereocenters. The largest absolute Gasteiger partial charge is 0.497 e. The molecule has 1 aromatic heterocycles. The molecule has 0 aliphatic heterocycles. The van der Waals surface area contributed by atoms with Gasteiger partial charge in [-0.05, 0) is 17.7 Å². The quantitative estimate of drug-likeness (QED) is 0.817. The standard InChI is InChI=1S/C17H21N3O3/c1-12(9-18)17(21)20-11-13-6-7-16(19-10-13)23-15-5-3-4-14(8-15)22-2/h3-8,10,12H,9,11,18H2,1-2H3,(H,20,21). The lowest BCUT2D eigenvalue weighted by Crippen LogP contribution is -2.32. The Kier molecular flexibility index (Phi) is 5.94. The molecular formula is C17H21N3O3. The molecule has 1 amide bonds. The molecule has 122 valence electrons. The number of carbonyl (C=O) groups excluding carboxylic acids is 1. The van der Waals surface area contributed by atoms with Crippen LogP contribution in [0.5, 0.6) is 17.4 Å². The van der Waals surface area contributed by atoms with Gasteiger partial charge in [-0.25, -0.2) is 4.98 Å². The highest BCUT2D eigenvalue weighted by molar-refractivity contribution is 5.78. The van der Waals surface area contributed by atoms with Gasteiger partial charge in [-0.15, -0.1) is 0 Å². The molecule has 3 N–H and O–H groups in total. The van der Waals surface area contributed by atoms with E-state index in [0.29, 0.717) is 24.7 Å². The molecule has 2 rings (SSSR count). The Hall–Kier alpha value is -2.60. The number of benzene rings is 1. The van der Waals surface area contributed by atoms with Crippen LogP contribution in [0, 0.1) is 5.92 Å². The van der Waals surface area contributed by atoms with Crippen LogP contribution in [-0.4, -0.2) is 24.5 Å². The highest BCUT2D eigenvalue weighted by Crippen LogP contribution is 2.23. The van der Waals surface area contributed by atoms with Gasteiger partial charge in [0.25, 0.3) is 0 Å². The fourth-order valence-electron chi connectivity index (χ4n) is 1.83. The second kappa shape index (κ2) is 8.14. The van der Waals surface area contributed by atoms with Gasteiger partial charge in [-0.2, -0.15) is 0 Å². The van der Waals surface area contributed by atoms with Crippen LogP contribution >= 0.6 is 0 Å². The minimum absolute atomic E-state index is 0.0655. The van der Waals surface area contributed by atoms with Crippen molar-refractivity contribution in [1.29, 1.82) is 0 Å². The summed E-state index contributed by atoms with van der Waals surface area (Å²) < 4.78 is 10.8. The van der Waals surface area contributed by atoms with E-state index < -0.39 is 0 Å². The molecule has 2 aromatic rings. The van der Waals surface area contributed by atoms with E-state index in [9.17, 15) is 4.79 Å². The number of nitrogens with two attached hydrogens (primary N) is 1. The number of methoxy groups -OCH3 is 1. The predicted molar refractivity (Wildman–Crippen MR) is 87.4 cm³/mol. The third-order valence-corrected chi connectivity index (χ3v) is 3.33. The first-order valence-corrected chi connectivity index (χ1v) is 7.37. The number of ether oxygens (including phenoxy) is 2. The molecule has 1 unspecified atom stereocenters. The molecule has 0 spiro atoms. The molecule has 6 heteroatoms. The third-order valence-electron chi connectivity index (χ3n) is 3.33. The van der Waals surface area contributed by atoms with Gasteiger partial charge in [0.2, 0.25) is 11.8 Å². The summed E-state index contributed by atoms with van der Waals surface area (Å²) in [4.78, 5) is 15.9. The molecule has 0 saturated carbocycles. The zero-order valence-electron chi connectivity index (χ0n) is 13.3. The lowest BCUT2D eigenvalue weighted by molar-refractivity contribution is -0.124. The molecule has 23 heavy (non-hydrogen) atoms. The smallest absolute Gasteiger partial charge is 0.224 e. The van der Waals surface area contributed by atoms with Crippen molar-refractivity contribution >= 4 is 5.91 Å². The van der Waals surface area contributed by atoms with Crippen molar-refractivity contribution in [3.63, 3.8) is 0 Å². The summed E-state index contributed by atoms with van der Waals surface area (Å²) >= 11 is 0. The molecule has 1 heterocycles. The fraction of sp³-hybridized carbons (Fsp3) is 0.294. The third kappa shape index (κ3) is 4.96. The maximum absolute atomic E-state index is 11.7. The van der Waals surface area contributed by atoms with Crippen molar-refractivity contribution in [2.24, 2.45) is 11.7 Å². The number of nitrogens with one attached hydrogen (secondary N) is 1. The van der Waals surface area contributed by atoms with Crippen LogP contribution in [-0.2, 0) is 11.3 Å². The van der Waals surface area contributed by atoms with E-state index >= 15 is 0 Å². The lowest BCUT2D eigenvalue weighted by atomic mass is 10.1. The molecule has 1 aromatic carbocycles. The number of hydrogen-bond donors (Lipinski definition) is 2. The molecule has 0 aliphatic rings. The normalized spacial score (nSPS) is 11.6. The Morgan fingerprint density at radius 3 is 2.74 bits per heavy atom. The zero-order chi connectivity index (χ0) is 16.7. The highest BCUT2D eigenvalue weighted by atomic mass is 16.5. The summed E-state index contributed by atoms with van der Waals surface area (Å²) in [6.07, 6.45) is 1.67. The first-order chi connectivity index (χ1) is 11.1. The Bertz CT molecular complexity index is 644. The van der Waals surface area contributed by atoms with E-state index in [1.807, 2.05) is 24.3 Å². The Labute approximate surface area is 135 Å². The van der Waals surface area contributed by atoms with E-state index in [-0.39, 0.29) is 11.8 Å². The fourth-order valence-corrected chi connectivity index (χ4v) is 1.83. The van der Waals surface area contributed by atoms with Crippen LogP contribution in [0.25, 0.3) is 0 Å². The molecule has 0 fully saturated rings. The maximum atomic E-state index is 11.7. The number of pyridine rings is 1. The SMILES string of the molecule is COc1cccc(Oc2ccc(CNC(=O)C(C)CN)cn2)c1. The molecule has 0 radical (unpaired) electrons. The molecule has 0 saturated heterocycles. The molecule has 6 nitrogen and oxygen atoms in total. The second-order valence-corrected chi connectivity index (χ2v) is 5.14. The van der Waals surface area contributed by atoms with E-state index in [0.717, 1.165) is 11.3 Å².